The molecule has 9 unspecified atom stereocenters. The van der Waals surface area contributed by atoms with Crippen LogP contribution in [0.15, 0.2) is 11.6 Å². The largest absolute Gasteiger partial charge is 0.508 e. The molecule has 0 aliphatic heterocycles. The zero-order chi connectivity index (χ0) is 46.2. The van der Waals surface area contributed by atoms with Crippen molar-refractivity contribution in [1.29, 1.82) is 0 Å². The molecule has 0 saturated heterocycles. The fourth-order valence-electron chi connectivity index (χ4n) is 10.5. The summed E-state index contributed by atoms with van der Waals surface area (Å²) in [5.74, 6) is -0.853. The van der Waals surface area contributed by atoms with Crippen LogP contribution in [0.4, 0.5) is 31.1 Å². The molecular weight excluding hydrogens is 814 g/mol. The van der Waals surface area contributed by atoms with E-state index >= 15 is 0 Å². The predicted molar refractivity (Wildman–Crippen MR) is 217 cm³/mol. The van der Waals surface area contributed by atoms with Gasteiger partial charge in [0, 0.05) is 6.42 Å². The molecule has 3 fully saturated rings. The fraction of sp³-hybridized carbons (Fsp3) is 0.864. The molecule has 9 atom stereocenters. The van der Waals surface area contributed by atoms with Crippen LogP contribution in [-0.4, -0.2) is 78.5 Å². The molecule has 3 saturated carbocycles. The van der Waals surface area contributed by atoms with Gasteiger partial charge in [0.05, 0.1) is 13.2 Å². The topological polar surface area (TPSA) is 188 Å². The van der Waals surface area contributed by atoms with Crippen LogP contribution in [0.3, 0.4) is 0 Å². The summed E-state index contributed by atoms with van der Waals surface area (Å²) in [7, 11) is 0. The Morgan fingerprint density at radius 2 is 1.36 bits per heavy atom. The second kappa shape index (κ2) is 24.7. The maximum absolute atomic E-state index is 12.6. The monoisotopic (exact) mass is 887 g/mol. The molecule has 4 aliphatic carbocycles. The molecule has 0 radical (unpaired) electrons. The molecule has 0 heterocycles. The molecule has 17 heteroatoms. The number of halogens is 6. The second-order valence-electron chi connectivity index (χ2n) is 18.4. The number of carbonyl (C=O) groups excluding carboxylic acids is 2. The Morgan fingerprint density at radius 1 is 0.770 bits per heavy atom. The van der Waals surface area contributed by atoms with Crippen molar-refractivity contribution in [3.8, 4) is 0 Å². The predicted octanol–water partition coefficient (Wildman–Crippen LogP) is 10.4. The third-order valence-electron chi connectivity index (χ3n) is 13.8. The van der Waals surface area contributed by atoms with Crippen LogP contribution in [0.2, 0.25) is 0 Å². The third kappa shape index (κ3) is 16.9. The van der Waals surface area contributed by atoms with Gasteiger partial charge in [-0.1, -0.05) is 72.0 Å². The van der Waals surface area contributed by atoms with E-state index in [2.05, 4.69) is 40.7 Å². The summed E-state index contributed by atoms with van der Waals surface area (Å²) in [5.41, 5.74) is 13.7. The van der Waals surface area contributed by atoms with Crippen molar-refractivity contribution in [3.05, 3.63) is 11.6 Å². The van der Waals surface area contributed by atoms with Gasteiger partial charge in [0.15, 0.2) is 0 Å². The van der Waals surface area contributed by atoms with Crippen molar-refractivity contribution in [2.75, 3.05) is 19.8 Å². The van der Waals surface area contributed by atoms with E-state index in [4.69, 9.17) is 45.5 Å². The minimum absolute atomic E-state index is 0.0776. The summed E-state index contributed by atoms with van der Waals surface area (Å²) in [6.07, 6.45) is 11.4. The van der Waals surface area contributed by atoms with E-state index in [1.165, 1.54) is 51.4 Å². The second-order valence-corrected chi connectivity index (χ2v) is 18.4. The summed E-state index contributed by atoms with van der Waals surface area (Å²) in [5, 5.41) is 14.2. The lowest BCUT2D eigenvalue weighted by Crippen LogP contribution is -2.51. The maximum atomic E-state index is 12.6. The third-order valence-corrected chi connectivity index (χ3v) is 13.8. The first kappa shape index (κ1) is 54.1. The first-order chi connectivity index (χ1) is 28.4. The highest BCUT2D eigenvalue weighted by Gasteiger charge is 2.59. The zero-order valence-corrected chi connectivity index (χ0v) is 36.7. The van der Waals surface area contributed by atoms with E-state index in [-0.39, 0.29) is 17.5 Å². The Kier molecular flexibility index (Phi) is 21.9. The average molecular weight is 887 g/mol. The zero-order valence-electron chi connectivity index (χ0n) is 36.7. The summed E-state index contributed by atoms with van der Waals surface area (Å²) in [4.78, 5) is 42.3. The molecule has 354 valence electrons. The number of aliphatic carboxylic acids is 2. The molecule has 0 aromatic heterocycles. The van der Waals surface area contributed by atoms with Gasteiger partial charge in [-0.3, -0.25) is 4.79 Å². The van der Waals surface area contributed by atoms with Crippen LogP contribution in [-0.2, 0) is 28.6 Å². The molecule has 0 aromatic carbocycles. The first-order valence-corrected chi connectivity index (χ1v) is 22.1. The quantitative estimate of drug-likeness (QED) is 0.0444. The van der Waals surface area contributed by atoms with Gasteiger partial charge in [-0.25, -0.2) is 14.4 Å². The van der Waals surface area contributed by atoms with Gasteiger partial charge in [-0.2, -0.15) is 26.3 Å². The molecular formula is C44H72F6N2O9. The highest BCUT2D eigenvalue weighted by Crippen LogP contribution is 2.67. The molecule has 0 bridgehead atoms. The highest BCUT2D eigenvalue weighted by atomic mass is 19.4. The number of carboxylic acids is 2. The summed E-state index contributed by atoms with van der Waals surface area (Å²) < 4.78 is 80.0. The standard InChI is InChI=1S/C40H70N2O5.2C2HF3O2/c1-28(2)13-12-14-29(3)33-18-19-34-32-17-16-30-27-31(20-22-39(30,4)35(32)21-23-40(33,34)5)47-38(44)46-26-11-7-6-10-25-45-37(43)36(42)15-8-9-24-41;2*3-2(4,5)1(6)7/h16,28-29,31-36H,6-15,17-27,41-42H2,1-5H3;2*(H,6,7). The molecule has 11 nitrogen and oxygen atoms in total. The van der Waals surface area contributed by atoms with Crippen LogP contribution >= 0.6 is 0 Å². The van der Waals surface area contributed by atoms with Crippen LogP contribution in [0, 0.1) is 46.3 Å². The van der Waals surface area contributed by atoms with E-state index in [1.807, 2.05) is 0 Å². The summed E-state index contributed by atoms with van der Waals surface area (Å²) >= 11 is 0. The molecule has 4 aliphatic rings. The van der Waals surface area contributed by atoms with Gasteiger partial charge in [0.25, 0.3) is 0 Å². The maximum Gasteiger partial charge on any atom is 0.508 e. The molecule has 6 N–H and O–H groups in total. The van der Waals surface area contributed by atoms with Gasteiger partial charge in [-0.05, 0) is 136 Å². The average Bonchev–Trinajstić information content (AvgIpc) is 3.53. The van der Waals surface area contributed by atoms with Gasteiger partial charge in [0.1, 0.15) is 12.1 Å². The number of ether oxygens (including phenoxy) is 3. The van der Waals surface area contributed by atoms with Crippen molar-refractivity contribution < 1.29 is 69.9 Å². The van der Waals surface area contributed by atoms with E-state index in [0.717, 1.165) is 93.3 Å². The fourth-order valence-corrected chi connectivity index (χ4v) is 10.5. The number of hydrogen-bond donors (Lipinski definition) is 4. The molecule has 61 heavy (non-hydrogen) atoms. The molecule has 0 aromatic rings. The number of allylic oxidation sites excluding steroid dienone is 1. The lowest BCUT2D eigenvalue weighted by atomic mass is 9.47. The summed E-state index contributed by atoms with van der Waals surface area (Å²) in [6.45, 7) is 13.8. The van der Waals surface area contributed by atoms with Gasteiger partial charge in [-0.15, -0.1) is 0 Å². The Bertz CT molecular complexity index is 1400. The van der Waals surface area contributed by atoms with E-state index in [1.54, 1.807) is 5.57 Å². The van der Waals surface area contributed by atoms with E-state index in [0.29, 0.717) is 31.6 Å². The Hall–Kier alpha value is -3.08. The Balaban J connectivity index is 0.000000784. The molecule has 4 rings (SSSR count). The minimum atomic E-state index is -5.08. The smallest absolute Gasteiger partial charge is 0.475 e. The van der Waals surface area contributed by atoms with Crippen molar-refractivity contribution >= 4 is 24.1 Å². The number of carboxylic acid groups (broad SMARTS) is 2. The number of hydrogen-bond acceptors (Lipinski definition) is 9. The van der Waals surface area contributed by atoms with Crippen LogP contribution < -0.4 is 11.5 Å². The van der Waals surface area contributed by atoms with Gasteiger partial charge < -0.3 is 35.9 Å². The summed E-state index contributed by atoms with van der Waals surface area (Å²) in [6, 6.07) is -0.563. The van der Waals surface area contributed by atoms with Crippen LogP contribution in [0.1, 0.15) is 150 Å². The minimum Gasteiger partial charge on any atom is -0.475 e. The number of unbranched alkanes of at least 4 members (excludes halogenated alkanes) is 4. The Labute approximate surface area is 357 Å². The van der Waals surface area contributed by atoms with Crippen LogP contribution in [0.25, 0.3) is 0 Å². The van der Waals surface area contributed by atoms with Crippen LogP contribution in [0.5, 0.6) is 0 Å². The van der Waals surface area contributed by atoms with Crippen molar-refractivity contribution in [3.63, 3.8) is 0 Å². The van der Waals surface area contributed by atoms with Crippen molar-refractivity contribution in [1.82, 2.24) is 0 Å². The number of esters is 1. The molecule has 0 spiro atoms. The number of fused-ring (bicyclic) bond motifs is 5. The number of nitrogens with two attached hydrogens (primary N) is 2. The van der Waals surface area contributed by atoms with Crippen molar-refractivity contribution in [2.24, 2.45) is 57.8 Å². The van der Waals surface area contributed by atoms with Crippen molar-refractivity contribution in [2.45, 2.75) is 175 Å². The number of alkyl halides is 6. The van der Waals surface area contributed by atoms with E-state index in [9.17, 15) is 35.9 Å². The Morgan fingerprint density at radius 3 is 1.92 bits per heavy atom. The highest BCUT2D eigenvalue weighted by molar-refractivity contribution is 5.75. The SMILES string of the molecule is CC(C)CCCC(C)C1CCC2C3CC=C4CC(OC(=O)OCCCCCCOC(=O)C(N)CCCCN)CCC4(C)C3CCC12C.O=C(O)C(F)(F)F.O=C(O)C(F)(F)F. The molecule has 0 amide bonds. The van der Waals surface area contributed by atoms with E-state index < -0.39 is 36.5 Å². The lowest BCUT2D eigenvalue weighted by molar-refractivity contribution is -0.193. The lowest BCUT2D eigenvalue weighted by Gasteiger charge is -2.58. The number of rotatable bonds is 18. The van der Waals surface area contributed by atoms with Gasteiger partial charge >= 0.3 is 36.4 Å². The first-order valence-electron chi connectivity index (χ1n) is 22.1. The number of carbonyl (C=O) groups is 4. The van der Waals surface area contributed by atoms with Gasteiger partial charge in [0.2, 0.25) is 0 Å². The normalized spacial score (nSPS) is 27.9.